The zero-order valence-electron chi connectivity index (χ0n) is 14.7. The van der Waals surface area contributed by atoms with Crippen LogP contribution in [0.2, 0.25) is 0 Å². The lowest BCUT2D eigenvalue weighted by Gasteiger charge is -2.31. The van der Waals surface area contributed by atoms with Crippen LogP contribution in [0.4, 0.5) is 0 Å². The number of benzene rings is 1. The predicted octanol–water partition coefficient (Wildman–Crippen LogP) is 2.09. The van der Waals surface area contributed by atoms with Gasteiger partial charge in [0.1, 0.15) is 18.1 Å². The number of methoxy groups -OCH3 is 1. The minimum atomic E-state index is -0.0957. The van der Waals surface area contributed by atoms with Crippen molar-refractivity contribution in [1.29, 1.82) is 0 Å². The zero-order valence-corrected chi connectivity index (χ0v) is 14.7. The molecule has 1 fully saturated rings. The van der Waals surface area contributed by atoms with Crippen molar-refractivity contribution in [3.63, 3.8) is 0 Å². The van der Waals surface area contributed by atoms with Gasteiger partial charge in [-0.3, -0.25) is 4.79 Å². The van der Waals surface area contributed by atoms with E-state index in [0.717, 1.165) is 49.7 Å². The minimum Gasteiger partial charge on any atom is -0.497 e. The lowest BCUT2D eigenvalue weighted by atomic mass is 9.94. The molecule has 0 saturated carbocycles. The van der Waals surface area contributed by atoms with Crippen LogP contribution in [-0.2, 0) is 11.2 Å². The van der Waals surface area contributed by atoms with Crippen LogP contribution >= 0.6 is 0 Å². The average Bonchev–Trinajstić information content (AvgIpc) is 2.65. The third kappa shape index (κ3) is 4.01. The first kappa shape index (κ1) is 17.1. The maximum atomic E-state index is 12.5. The molecule has 0 aliphatic carbocycles. The van der Waals surface area contributed by atoms with Crippen molar-refractivity contribution in [1.82, 2.24) is 10.2 Å². The molecule has 3 rings (SSSR count). The lowest BCUT2D eigenvalue weighted by molar-refractivity contribution is -0.126. The van der Waals surface area contributed by atoms with Crippen molar-refractivity contribution in [3.05, 3.63) is 23.8 Å². The normalized spacial score (nSPS) is 21.7. The highest BCUT2D eigenvalue weighted by Crippen LogP contribution is 2.31. The van der Waals surface area contributed by atoms with Gasteiger partial charge in [-0.15, -0.1) is 0 Å². The minimum absolute atomic E-state index is 0.0957. The van der Waals surface area contributed by atoms with E-state index in [9.17, 15) is 4.79 Å². The summed E-state index contributed by atoms with van der Waals surface area (Å²) in [4.78, 5) is 14.9. The molecule has 0 spiro atoms. The van der Waals surface area contributed by atoms with E-state index in [1.807, 2.05) is 18.2 Å². The number of ether oxygens (including phenoxy) is 2. The predicted molar refractivity (Wildman–Crippen MR) is 93.5 cm³/mol. The van der Waals surface area contributed by atoms with Gasteiger partial charge in [-0.05, 0) is 56.4 Å². The molecule has 0 unspecified atom stereocenters. The topological polar surface area (TPSA) is 50.8 Å². The number of nitrogens with zero attached hydrogens (tertiary/aromatic N) is 1. The van der Waals surface area contributed by atoms with Gasteiger partial charge in [0, 0.05) is 12.6 Å². The van der Waals surface area contributed by atoms with Gasteiger partial charge >= 0.3 is 0 Å². The first-order valence-electron chi connectivity index (χ1n) is 8.99. The molecule has 0 aromatic heterocycles. The van der Waals surface area contributed by atoms with Gasteiger partial charge < -0.3 is 19.7 Å². The molecule has 2 aliphatic heterocycles. The van der Waals surface area contributed by atoms with Gasteiger partial charge in [-0.25, -0.2) is 0 Å². The van der Waals surface area contributed by atoms with Crippen molar-refractivity contribution in [2.45, 2.75) is 26.2 Å². The van der Waals surface area contributed by atoms with Gasteiger partial charge in [0.15, 0.2) is 0 Å². The van der Waals surface area contributed by atoms with E-state index in [-0.39, 0.29) is 11.8 Å². The summed E-state index contributed by atoms with van der Waals surface area (Å²) in [6, 6.07) is 5.81. The first-order chi connectivity index (χ1) is 11.7. The molecule has 2 aliphatic rings. The Morgan fingerprint density at radius 2 is 2.17 bits per heavy atom. The number of likely N-dealkylation sites (tertiary alicyclic amines) is 1. The number of piperidine rings is 1. The van der Waals surface area contributed by atoms with Crippen LogP contribution in [0.25, 0.3) is 0 Å². The molecule has 1 saturated heterocycles. The zero-order chi connectivity index (χ0) is 16.9. The largest absolute Gasteiger partial charge is 0.497 e. The highest BCUT2D eigenvalue weighted by atomic mass is 16.5. The number of rotatable bonds is 5. The Labute approximate surface area is 144 Å². The van der Waals surface area contributed by atoms with E-state index in [1.165, 1.54) is 12.8 Å². The Bertz CT molecular complexity index is 568. The highest BCUT2D eigenvalue weighted by molar-refractivity contribution is 5.79. The highest BCUT2D eigenvalue weighted by Gasteiger charge is 2.27. The molecule has 1 N–H and O–H groups in total. The second kappa shape index (κ2) is 7.88. The number of nitrogens with one attached hydrogen (secondary N) is 1. The Kier molecular flexibility index (Phi) is 5.61. The summed E-state index contributed by atoms with van der Waals surface area (Å²) >= 11 is 0. The lowest BCUT2D eigenvalue weighted by Crippen LogP contribution is -2.42. The maximum Gasteiger partial charge on any atom is 0.226 e. The summed E-state index contributed by atoms with van der Waals surface area (Å²) in [6.07, 6.45) is 3.09. The van der Waals surface area contributed by atoms with E-state index in [2.05, 4.69) is 17.1 Å². The van der Waals surface area contributed by atoms with Gasteiger partial charge in [-0.1, -0.05) is 13.0 Å². The van der Waals surface area contributed by atoms with Crippen molar-refractivity contribution in [3.8, 4) is 11.5 Å². The molecular weight excluding hydrogens is 304 g/mol. The number of hydrogen-bond acceptors (Lipinski definition) is 4. The molecule has 5 heteroatoms. The molecule has 1 aromatic rings. The van der Waals surface area contributed by atoms with Crippen molar-refractivity contribution >= 4 is 5.91 Å². The van der Waals surface area contributed by atoms with Crippen molar-refractivity contribution in [2.75, 3.05) is 39.9 Å². The molecule has 1 aromatic carbocycles. The molecular formula is C19H28N2O3. The van der Waals surface area contributed by atoms with Crippen LogP contribution in [0.5, 0.6) is 11.5 Å². The second-order valence-electron chi connectivity index (χ2n) is 6.81. The number of hydrogen-bond donors (Lipinski definition) is 1. The Hall–Kier alpha value is -1.75. The molecule has 132 valence electrons. The summed E-state index contributed by atoms with van der Waals surface area (Å²) in [5.41, 5.74) is 1.08. The SMILES string of the molecule is CCN1CCC(CNC(=O)[C@H]2COc3cc(OC)ccc3C2)CC1. The fraction of sp³-hybridized carbons (Fsp3) is 0.632. The van der Waals surface area contributed by atoms with Crippen LogP contribution in [-0.4, -0.2) is 50.7 Å². The fourth-order valence-electron chi connectivity index (χ4n) is 3.54. The van der Waals surface area contributed by atoms with E-state index in [0.29, 0.717) is 12.5 Å². The molecule has 5 nitrogen and oxygen atoms in total. The summed E-state index contributed by atoms with van der Waals surface area (Å²) in [6.45, 7) is 6.88. The third-order valence-corrected chi connectivity index (χ3v) is 5.27. The number of amides is 1. The molecule has 0 radical (unpaired) electrons. The molecule has 1 atom stereocenters. The van der Waals surface area contributed by atoms with Gasteiger partial charge in [0.2, 0.25) is 5.91 Å². The quantitative estimate of drug-likeness (QED) is 0.897. The van der Waals surface area contributed by atoms with Gasteiger partial charge in [0.25, 0.3) is 0 Å². The van der Waals surface area contributed by atoms with Crippen LogP contribution in [0, 0.1) is 11.8 Å². The van der Waals surface area contributed by atoms with Crippen LogP contribution in [0.15, 0.2) is 18.2 Å². The summed E-state index contributed by atoms with van der Waals surface area (Å²) < 4.78 is 11.0. The van der Waals surface area contributed by atoms with Crippen molar-refractivity contribution < 1.29 is 14.3 Å². The smallest absolute Gasteiger partial charge is 0.226 e. The molecule has 1 amide bonds. The summed E-state index contributed by atoms with van der Waals surface area (Å²) in [5.74, 6) is 2.26. The fourth-order valence-corrected chi connectivity index (χ4v) is 3.54. The maximum absolute atomic E-state index is 12.5. The summed E-state index contributed by atoms with van der Waals surface area (Å²) in [7, 11) is 1.64. The van der Waals surface area contributed by atoms with Crippen LogP contribution in [0.3, 0.4) is 0 Å². The van der Waals surface area contributed by atoms with Gasteiger partial charge in [0.05, 0.1) is 13.0 Å². The van der Waals surface area contributed by atoms with Crippen molar-refractivity contribution in [2.24, 2.45) is 11.8 Å². The second-order valence-corrected chi connectivity index (χ2v) is 6.81. The number of carbonyl (C=O) groups is 1. The first-order valence-corrected chi connectivity index (χ1v) is 8.99. The van der Waals surface area contributed by atoms with E-state index < -0.39 is 0 Å². The van der Waals surface area contributed by atoms with E-state index in [1.54, 1.807) is 7.11 Å². The van der Waals surface area contributed by atoms with Crippen LogP contribution in [0.1, 0.15) is 25.3 Å². The van der Waals surface area contributed by atoms with Crippen LogP contribution < -0.4 is 14.8 Å². The Morgan fingerprint density at radius 3 is 2.88 bits per heavy atom. The molecule has 2 heterocycles. The summed E-state index contributed by atoms with van der Waals surface area (Å²) in [5, 5.41) is 3.15. The standard InChI is InChI=1S/C19H28N2O3/c1-3-21-8-6-14(7-9-21)12-20-19(22)16-10-15-4-5-17(23-2)11-18(15)24-13-16/h4-5,11,14,16H,3,6-10,12-13H2,1-2H3,(H,20,22)/t16-/m1/s1. The Morgan fingerprint density at radius 1 is 1.38 bits per heavy atom. The molecule has 0 bridgehead atoms. The van der Waals surface area contributed by atoms with Gasteiger partial charge in [-0.2, -0.15) is 0 Å². The van der Waals surface area contributed by atoms with E-state index in [4.69, 9.17) is 9.47 Å². The van der Waals surface area contributed by atoms with E-state index >= 15 is 0 Å². The monoisotopic (exact) mass is 332 g/mol. The number of carbonyl (C=O) groups excluding carboxylic acids is 1. The Balaban J connectivity index is 1.48. The number of fused-ring (bicyclic) bond motifs is 1. The third-order valence-electron chi connectivity index (χ3n) is 5.27. The molecule has 24 heavy (non-hydrogen) atoms. The average molecular weight is 332 g/mol.